The SMILES string of the molecule is O=S(=O)(N1Cc2cc(C(F)(F)F)ccc2NC(CCC2CCCC2)C1)C(F)(F)F. The van der Waals surface area contributed by atoms with Gasteiger partial charge < -0.3 is 5.32 Å². The van der Waals surface area contributed by atoms with Crippen molar-refractivity contribution < 1.29 is 34.8 Å². The van der Waals surface area contributed by atoms with Gasteiger partial charge in [-0.1, -0.05) is 25.7 Å². The van der Waals surface area contributed by atoms with Crippen molar-refractivity contribution in [2.75, 3.05) is 11.9 Å². The van der Waals surface area contributed by atoms with Gasteiger partial charge in [-0.15, -0.1) is 0 Å². The van der Waals surface area contributed by atoms with E-state index in [2.05, 4.69) is 5.32 Å². The monoisotopic (exact) mass is 444 g/mol. The van der Waals surface area contributed by atoms with E-state index in [0.717, 1.165) is 44.2 Å². The maximum atomic E-state index is 13.1. The minimum absolute atomic E-state index is 0.129. The van der Waals surface area contributed by atoms with Gasteiger partial charge in [0.1, 0.15) is 0 Å². The zero-order chi connectivity index (χ0) is 21.4. The molecule has 1 aliphatic heterocycles. The van der Waals surface area contributed by atoms with E-state index in [-0.39, 0.29) is 15.6 Å². The number of anilines is 1. The Morgan fingerprint density at radius 2 is 1.69 bits per heavy atom. The number of alkyl halides is 6. The second kappa shape index (κ2) is 7.98. The van der Waals surface area contributed by atoms with Crippen molar-refractivity contribution in [1.29, 1.82) is 0 Å². The first-order valence-electron chi connectivity index (χ1n) is 9.41. The van der Waals surface area contributed by atoms with Crippen molar-refractivity contribution in [1.82, 2.24) is 4.31 Å². The molecule has 1 aromatic carbocycles. The van der Waals surface area contributed by atoms with Crippen molar-refractivity contribution in [3.63, 3.8) is 0 Å². The van der Waals surface area contributed by atoms with Crippen molar-refractivity contribution >= 4 is 15.7 Å². The Kier molecular flexibility index (Phi) is 6.11. The highest BCUT2D eigenvalue weighted by Gasteiger charge is 2.51. The molecule has 1 saturated carbocycles. The number of nitrogens with one attached hydrogen (secondary N) is 1. The molecule has 3 rings (SSSR count). The molecule has 1 aromatic rings. The van der Waals surface area contributed by atoms with Crippen LogP contribution in [0.3, 0.4) is 0 Å². The molecule has 0 saturated heterocycles. The molecule has 2 aliphatic rings. The lowest BCUT2D eigenvalue weighted by molar-refractivity contribution is -0.137. The van der Waals surface area contributed by atoms with Gasteiger partial charge >= 0.3 is 21.7 Å². The molecule has 164 valence electrons. The van der Waals surface area contributed by atoms with E-state index >= 15 is 0 Å². The van der Waals surface area contributed by atoms with Gasteiger partial charge in [0.15, 0.2) is 0 Å². The number of nitrogens with zero attached hydrogens (tertiary/aromatic N) is 1. The normalized spacial score (nSPS) is 22.2. The van der Waals surface area contributed by atoms with Crippen molar-refractivity contribution in [3.8, 4) is 0 Å². The highest BCUT2D eigenvalue weighted by molar-refractivity contribution is 7.89. The summed E-state index contributed by atoms with van der Waals surface area (Å²) in [6.45, 7) is -1.22. The standard InChI is InChI=1S/C18H22F6N2O2S/c19-17(20,21)14-6-8-16-13(9-14)10-26(29(27,28)18(22,23)24)11-15(25-16)7-5-12-3-1-2-4-12/h6,8-9,12,15,25H,1-5,7,10-11H2. The molecular formula is C18H22F6N2O2S. The Labute approximate surface area is 165 Å². The van der Waals surface area contributed by atoms with Crippen LogP contribution in [-0.4, -0.2) is 30.8 Å². The zero-order valence-electron chi connectivity index (χ0n) is 15.5. The van der Waals surface area contributed by atoms with E-state index in [1.807, 2.05) is 0 Å². The summed E-state index contributed by atoms with van der Waals surface area (Å²) in [4.78, 5) is 0. The van der Waals surface area contributed by atoms with Crippen molar-refractivity contribution in [2.24, 2.45) is 5.92 Å². The first-order chi connectivity index (χ1) is 13.4. The molecule has 1 aliphatic carbocycles. The summed E-state index contributed by atoms with van der Waals surface area (Å²) in [5.41, 5.74) is -6.45. The Morgan fingerprint density at radius 3 is 2.28 bits per heavy atom. The van der Waals surface area contributed by atoms with E-state index in [9.17, 15) is 34.8 Å². The number of rotatable bonds is 4. The van der Waals surface area contributed by atoms with E-state index in [4.69, 9.17) is 0 Å². The Balaban J connectivity index is 1.91. The van der Waals surface area contributed by atoms with Crippen LogP contribution in [0.15, 0.2) is 18.2 Å². The molecule has 0 amide bonds. The van der Waals surface area contributed by atoms with Crippen LogP contribution in [0.1, 0.15) is 49.7 Å². The molecule has 1 N–H and O–H groups in total. The van der Waals surface area contributed by atoms with Crippen LogP contribution in [0.4, 0.5) is 32.0 Å². The summed E-state index contributed by atoms with van der Waals surface area (Å²) in [5.74, 6) is 0.444. The number of hydrogen-bond acceptors (Lipinski definition) is 3. The maximum absolute atomic E-state index is 13.1. The molecule has 0 spiro atoms. The molecule has 1 fully saturated rings. The van der Waals surface area contributed by atoms with Crippen LogP contribution in [-0.2, 0) is 22.7 Å². The minimum atomic E-state index is -5.67. The van der Waals surface area contributed by atoms with Crippen LogP contribution in [0.25, 0.3) is 0 Å². The summed E-state index contributed by atoms with van der Waals surface area (Å²) < 4.78 is 103. The quantitative estimate of drug-likeness (QED) is 0.656. The lowest BCUT2D eigenvalue weighted by Gasteiger charge is -2.25. The minimum Gasteiger partial charge on any atom is -0.381 e. The molecule has 1 heterocycles. The van der Waals surface area contributed by atoms with Gasteiger partial charge in [0.2, 0.25) is 0 Å². The Bertz CT molecular complexity index is 832. The smallest absolute Gasteiger partial charge is 0.381 e. The fourth-order valence-electron chi connectivity index (χ4n) is 4.04. The first-order valence-corrected chi connectivity index (χ1v) is 10.8. The summed E-state index contributed by atoms with van der Waals surface area (Å²) in [6, 6.07) is 2.09. The molecular weight excluding hydrogens is 422 g/mol. The highest BCUT2D eigenvalue weighted by Crippen LogP contribution is 2.37. The van der Waals surface area contributed by atoms with Gasteiger partial charge in [-0.3, -0.25) is 0 Å². The second-order valence-corrected chi connectivity index (χ2v) is 9.61. The third-order valence-corrected chi connectivity index (χ3v) is 7.14. The number of sulfonamides is 1. The van der Waals surface area contributed by atoms with Crippen LogP contribution in [0, 0.1) is 5.92 Å². The van der Waals surface area contributed by atoms with E-state index in [1.54, 1.807) is 0 Å². The molecule has 29 heavy (non-hydrogen) atoms. The second-order valence-electron chi connectivity index (χ2n) is 7.68. The van der Waals surface area contributed by atoms with E-state index < -0.39 is 46.4 Å². The van der Waals surface area contributed by atoms with Gasteiger partial charge in [0.25, 0.3) is 0 Å². The lowest BCUT2D eigenvalue weighted by Crippen LogP contribution is -2.44. The van der Waals surface area contributed by atoms with Crippen LogP contribution < -0.4 is 5.32 Å². The van der Waals surface area contributed by atoms with Gasteiger partial charge in [0.05, 0.1) is 5.56 Å². The Morgan fingerprint density at radius 1 is 1.03 bits per heavy atom. The molecule has 1 unspecified atom stereocenters. The average molecular weight is 444 g/mol. The highest BCUT2D eigenvalue weighted by atomic mass is 32.2. The number of fused-ring (bicyclic) bond motifs is 1. The van der Waals surface area contributed by atoms with Crippen LogP contribution in [0.5, 0.6) is 0 Å². The lowest BCUT2D eigenvalue weighted by atomic mass is 9.98. The number of hydrogen-bond donors (Lipinski definition) is 1. The third-order valence-electron chi connectivity index (χ3n) is 5.59. The van der Waals surface area contributed by atoms with Crippen molar-refractivity contribution in [2.45, 2.75) is 62.8 Å². The summed E-state index contributed by atoms with van der Waals surface area (Å²) >= 11 is 0. The molecule has 0 bridgehead atoms. The van der Waals surface area contributed by atoms with E-state index in [1.165, 1.54) is 0 Å². The fourth-order valence-corrected chi connectivity index (χ4v) is 5.01. The molecule has 0 radical (unpaired) electrons. The Hall–Kier alpha value is -1.49. The van der Waals surface area contributed by atoms with E-state index in [0.29, 0.717) is 18.4 Å². The van der Waals surface area contributed by atoms with Crippen molar-refractivity contribution in [3.05, 3.63) is 29.3 Å². The first kappa shape index (κ1) is 22.2. The summed E-state index contributed by atoms with van der Waals surface area (Å²) in [6.07, 6.45) is 0.742. The topological polar surface area (TPSA) is 49.4 Å². The molecule has 0 aromatic heterocycles. The fraction of sp³-hybridized carbons (Fsp3) is 0.667. The molecule has 1 atom stereocenters. The molecule has 4 nitrogen and oxygen atoms in total. The van der Waals surface area contributed by atoms with Crippen LogP contribution in [0.2, 0.25) is 0 Å². The molecule has 11 heteroatoms. The van der Waals surface area contributed by atoms with Gasteiger partial charge in [-0.25, -0.2) is 8.42 Å². The van der Waals surface area contributed by atoms with Gasteiger partial charge in [-0.05, 0) is 42.5 Å². The largest absolute Gasteiger partial charge is 0.511 e. The summed E-state index contributed by atoms with van der Waals surface area (Å²) in [7, 11) is -5.67. The predicted octanol–water partition coefficient (Wildman–Crippen LogP) is 5.12. The average Bonchev–Trinajstić information content (AvgIpc) is 3.04. The van der Waals surface area contributed by atoms with Crippen LogP contribution >= 0.6 is 0 Å². The maximum Gasteiger partial charge on any atom is 0.511 e. The van der Waals surface area contributed by atoms with Gasteiger partial charge in [0, 0.05) is 24.8 Å². The predicted molar refractivity (Wildman–Crippen MR) is 95.4 cm³/mol. The number of halogens is 6. The summed E-state index contributed by atoms with van der Waals surface area (Å²) in [5, 5.41) is 2.97. The zero-order valence-corrected chi connectivity index (χ0v) is 16.3. The van der Waals surface area contributed by atoms with Gasteiger partial charge in [-0.2, -0.15) is 30.6 Å². The third kappa shape index (κ3) is 4.99. The number of benzene rings is 1.